The van der Waals surface area contributed by atoms with Crippen LogP contribution >= 0.6 is 0 Å². The van der Waals surface area contributed by atoms with Crippen molar-refractivity contribution in [3.05, 3.63) is 84.2 Å². The number of fused-ring (bicyclic) bond motifs is 2. The molecule has 3 heteroatoms. The molecular formula is C26H29N3. The van der Waals surface area contributed by atoms with Crippen molar-refractivity contribution in [3.63, 3.8) is 0 Å². The minimum atomic E-state index is 0.145. The molecule has 0 aliphatic rings. The van der Waals surface area contributed by atoms with Crippen molar-refractivity contribution in [1.82, 2.24) is 9.97 Å². The zero-order chi connectivity index (χ0) is 20.1. The van der Waals surface area contributed by atoms with E-state index in [2.05, 4.69) is 65.4 Å². The van der Waals surface area contributed by atoms with Gasteiger partial charge in [0.1, 0.15) is 0 Å². The Morgan fingerprint density at radius 3 is 2.21 bits per heavy atom. The molecule has 0 amide bonds. The van der Waals surface area contributed by atoms with Gasteiger partial charge in [-0.1, -0.05) is 49.7 Å². The molecule has 3 nitrogen and oxygen atoms in total. The highest BCUT2D eigenvalue weighted by atomic mass is 14.7. The van der Waals surface area contributed by atoms with Crippen LogP contribution in [0.25, 0.3) is 21.8 Å². The maximum absolute atomic E-state index is 6.69. The maximum Gasteiger partial charge on any atom is 0.0702 e. The van der Waals surface area contributed by atoms with Crippen molar-refractivity contribution in [2.45, 2.75) is 51.0 Å². The Kier molecular flexibility index (Phi) is 6.16. The van der Waals surface area contributed by atoms with Crippen LogP contribution in [0.15, 0.2) is 73.1 Å². The Hall–Kier alpha value is -2.78. The standard InChI is InChI=1S/C26H29N3/c1-2-8-23(22-16-21-11-4-6-14-26(21)29-18-22)24(27)12-7-9-19-15-20-10-3-5-13-25(20)28-17-19/h3-6,10-11,13-18,23-24H,2,7-9,12,27H2,1H3. The molecule has 2 heterocycles. The lowest BCUT2D eigenvalue weighted by atomic mass is 9.85. The average Bonchev–Trinajstić information content (AvgIpc) is 2.77. The third-order valence-corrected chi connectivity index (χ3v) is 5.81. The van der Waals surface area contributed by atoms with Crippen LogP contribution in [-0.2, 0) is 6.42 Å². The second kappa shape index (κ2) is 9.15. The van der Waals surface area contributed by atoms with Crippen LogP contribution in [0.3, 0.4) is 0 Å². The van der Waals surface area contributed by atoms with Crippen LogP contribution in [0.4, 0.5) is 0 Å². The summed E-state index contributed by atoms with van der Waals surface area (Å²) in [6.07, 6.45) is 9.34. The predicted octanol–water partition coefficient (Wildman–Crippen LogP) is 6.02. The van der Waals surface area contributed by atoms with E-state index >= 15 is 0 Å². The molecular weight excluding hydrogens is 354 g/mol. The van der Waals surface area contributed by atoms with Crippen LogP contribution in [0.2, 0.25) is 0 Å². The van der Waals surface area contributed by atoms with Crippen LogP contribution in [0.1, 0.15) is 49.7 Å². The first-order valence-electron chi connectivity index (χ1n) is 10.7. The Labute approximate surface area is 173 Å². The molecule has 4 aromatic rings. The maximum atomic E-state index is 6.69. The lowest BCUT2D eigenvalue weighted by Crippen LogP contribution is -2.28. The van der Waals surface area contributed by atoms with E-state index in [4.69, 9.17) is 5.73 Å². The molecule has 4 rings (SSSR count). The van der Waals surface area contributed by atoms with Crippen LogP contribution in [-0.4, -0.2) is 16.0 Å². The Morgan fingerprint density at radius 1 is 0.828 bits per heavy atom. The summed E-state index contributed by atoms with van der Waals surface area (Å²) in [7, 11) is 0. The summed E-state index contributed by atoms with van der Waals surface area (Å²) in [6, 6.07) is 21.3. The number of rotatable bonds is 8. The predicted molar refractivity (Wildman–Crippen MR) is 122 cm³/mol. The van der Waals surface area contributed by atoms with E-state index in [1.165, 1.54) is 21.9 Å². The molecule has 2 aromatic carbocycles. The van der Waals surface area contributed by atoms with Gasteiger partial charge in [-0.15, -0.1) is 0 Å². The van der Waals surface area contributed by atoms with Gasteiger partial charge in [-0.05, 0) is 61.1 Å². The molecule has 29 heavy (non-hydrogen) atoms. The second-order valence-corrected chi connectivity index (χ2v) is 7.95. The lowest BCUT2D eigenvalue weighted by molar-refractivity contribution is 0.457. The number of benzene rings is 2. The summed E-state index contributed by atoms with van der Waals surface area (Å²) in [5, 5.41) is 2.40. The number of nitrogens with two attached hydrogens (primary N) is 1. The molecule has 2 atom stereocenters. The van der Waals surface area contributed by atoms with Gasteiger partial charge in [-0.3, -0.25) is 9.97 Å². The first-order valence-corrected chi connectivity index (χ1v) is 10.7. The molecule has 2 unspecified atom stereocenters. The SMILES string of the molecule is CCCC(c1cnc2ccccc2c1)C(N)CCCc1cnc2ccccc2c1. The van der Waals surface area contributed by atoms with Crippen molar-refractivity contribution in [2.24, 2.45) is 5.73 Å². The normalized spacial score (nSPS) is 13.6. The highest BCUT2D eigenvalue weighted by Crippen LogP contribution is 2.28. The first-order chi connectivity index (χ1) is 14.2. The van der Waals surface area contributed by atoms with Gasteiger partial charge in [0.05, 0.1) is 11.0 Å². The fourth-order valence-electron chi connectivity index (χ4n) is 4.23. The minimum absolute atomic E-state index is 0.145. The number of pyridine rings is 2. The van der Waals surface area contributed by atoms with E-state index in [1.54, 1.807) is 0 Å². The van der Waals surface area contributed by atoms with Crippen molar-refractivity contribution >= 4 is 21.8 Å². The summed E-state index contributed by atoms with van der Waals surface area (Å²) >= 11 is 0. The smallest absolute Gasteiger partial charge is 0.0702 e. The minimum Gasteiger partial charge on any atom is -0.327 e. The molecule has 148 valence electrons. The van der Waals surface area contributed by atoms with Gasteiger partial charge in [0.2, 0.25) is 0 Å². The highest BCUT2D eigenvalue weighted by Gasteiger charge is 2.19. The zero-order valence-electron chi connectivity index (χ0n) is 17.1. The van der Waals surface area contributed by atoms with Gasteiger partial charge in [0.15, 0.2) is 0 Å². The molecule has 0 bridgehead atoms. The number of hydrogen-bond acceptors (Lipinski definition) is 3. The highest BCUT2D eigenvalue weighted by molar-refractivity contribution is 5.79. The van der Waals surface area contributed by atoms with E-state index in [1.807, 2.05) is 24.5 Å². The van der Waals surface area contributed by atoms with E-state index in [9.17, 15) is 0 Å². The van der Waals surface area contributed by atoms with Crippen LogP contribution in [0, 0.1) is 0 Å². The Morgan fingerprint density at radius 2 is 1.48 bits per heavy atom. The Bertz CT molecular complexity index is 1090. The topological polar surface area (TPSA) is 51.8 Å². The van der Waals surface area contributed by atoms with Crippen LogP contribution in [0.5, 0.6) is 0 Å². The zero-order valence-corrected chi connectivity index (χ0v) is 17.1. The molecule has 0 fully saturated rings. The summed E-state index contributed by atoms with van der Waals surface area (Å²) in [5.74, 6) is 0.354. The van der Waals surface area contributed by atoms with Gasteiger partial charge in [0, 0.05) is 35.1 Å². The van der Waals surface area contributed by atoms with Gasteiger partial charge >= 0.3 is 0 Å². The molecule has 0 radical (unpaired) electrons. The number of para-hydroxylation sites is 2. The largest absolute Gasteiger partial charge is 0.327 e. The summed E-state index contributed by atoms with van der Waals surface area (Å²) in [4.78, 5) is 9.24. The fourth-order valence-corrected chi connectivity index (χ4v) is 4.23. The summed E-state index contributed by atoms with van der Waals surface area (Å²) in [6.45, 7) is 2.23. The quantitative estimate of drug-likeness (QED) is 0.405. The lowest BCUT2D eigenvalue weighted by Gasteiger charge is -2.24. The van der Waals surface area contributed by atoms with Crippen molar-refractivity contribution < 1.29 is 0 Å². The van der Waals surface area contributed by atoms with Gasteiger partial charge in [-0.2, -0.15) is 0 Å². The van der Waals surface area contributed by atoms with E-state index < -0.39 is 0 Å². The molecule has 2 N–H and O–H groups in total. The van der Waals surface area contributed by atoms with Gasteiger partial charge in [-0.25, -0.2) is 0 Å². The van der Waals surface area contributed by atoms with E-state index in [0.717, 1.165) is 43.1 Å². The number of hydrogen-bond donors (Lipinski definition) is 1. The van der Waals surface area contributed by atoms with Crippen molar-refractivity contribution in [3.8, 4) is 0 Å². The van der Waals surface area contributed by atoms with Gasteiger partial charge in [0.25, 0.3) is 0 Å². The Balaban J connectivity index is 1.43. The number of nitrogens with zero attached hydrogens (tertiary/aromatic N) is 2. The molecule has 0 saturated carbocycles. The molecule has 0 aliphatic carbocycles. The third-order valence-electron chi connectivity index (χ3n) is 5.81. The summed E-state index contributed by atoms with van der Waals surface area (Å²) in [5.41, 5.74) is 11.3. The van der Waals surface area contributed by atoms with Gasteiger partial charge < -0.3 is 5.73 Å². The number of aryl methyl sites for hydroxylation is 1. The molecule has 0 spiro atoms. The second-order valence-electron chi connectivity index (χ2n) is 7.95. The number of aromatic nitrogens is 2. The average molecular weight is 384 g/mol. The fraction of sp³-hybridized carbons (Fsp3) is 0.308. The summed E-state index contributed by atoms with van der Waals surface area (Å²) < 4.78 is 0. The molecule has 0 aliphatic heterocycles. The van der Waals surface area contributed by atoms with E-state index in [-0.39, 0.29) is 6.04 Å². The monoisotopic (exact) mass is 383 g/mol. The first kappa shape index (κ1) is 19.5. The third kappa shape index (κ3) is 4.63. The van der Waals surface area contributed by atoms with Crippen molar-refractivity contribution in [1.29, 1.82) is 0 Å². The molecule has 0 saturated heterocycles. The molecule has 2 aromatic heterocycles. The van der Waals surface area contributed by atoms with Crippen molar-refractivity contribution in [2.75, 3.05) is 0 Å². The van der Waals surface area contributed by atoms with Crippen LogP contribution < -0.4 is 5.73 Å². The van der Waals surface area contributed by atoms with E-state index in [0.29, 0.717) is 5.92 Å².